The third kappa shape index (κ3) is 3.19. The van der Waals surface area contributed by atoms with Crippen molar-refractivity contribution < 1.29 is 32.9 Å². The topological polar surface area (TPSA) is 113 Å². The van der Waals surface area contributed by atoms with E-state index in [1.165, 1.54) is 12.1 Å². The molecule has 2 atom stereocenters. The molecule has 9 heteroatoms. The van der Waals surface area contributed by atoms with Crippen LogP contribution in [0.1, 0.15) is 12.8 Å². The van der Waals surface area contributed by atoms with Crippen molar-refractivity contribution >= 4 is 16.0 Å². The van der Waals surface area contributed by atoms with Crippen LogP contribution >= 0.6 is 0 Å². The fraction of sp³-hybridized carbons (Fsp3) is 0.533. The number of fused-ring (bicyclic) bond motifs is 1. The predicted molar refractivity (Wildman–Crippen MR) is 82.6 cm³/mol. The quantitative estimate of drug-likeness (QED) is 0.800. The maximum Gasteiger partial charge on any atom is 0.310 e. The summed E-state index contributed by atoms with van der Waals surface area (Å²) >= 11 is 0. The van der Waals surface area contributed by atoms with Gasteiger partial charge in [0.05, 0.1) is 30.1 Å². The number of carbonyl (C=O) groups is 1. The van der Waals surface area contributed by atoms with E-state index in [1.54, 1.807) is 6.07 Å². The molecule has 132 valence electrons. The van der Waals surface area contributed by atoms with Crippen molar-refractivity contribution in [2.24, 2.45) is 5.92 Å². The molecular weight excluding hydrogens is 338 g/mol. The number of aliphatic carboxylic acids is 1. The number of carboxylic acids is 1. The van der Waals surface area contributed by atoms with Crippen LogP contribution in [0.2, 0.25) is 0 Å². The van der Waals surface area contributed by atoms with Crippen LogP contribution in [0, 0.1) is 5.92 Å². The Morgan fingerprint density at radius 3 is 2.62 bits per heavy atom. The number of ether oxygens (including phenoxy) is 2. The highest BCUT2D eigenvalue weighted by Gasteiger charge is 2.38. The van der Waals surface area contributed by atoms with Crippen LogP contribution < -0.4 is 9.47 Å². The maximum absolute atomic E-state index is 12.8. The van der Waals surface area contributed by atoms with E-state index in [4.69, 9.17) is 14.6 Å². The molecule has 0 aliphatic carbocycles. The molecule has 0 spiro atoms. The number of sulfonamides is 1. The third-order valence-electron chi connectivity index (χ3n) is 4.21. The summed E-state index contributed by atoms with van der Waals surface area (Å²) in [5.41, 5.74) is 0. The summed E-state index contributed by atoms with van der Waals surface area (Å²) in [5.74, 6) is -1.49. The Bertz CT molecular complexity index is 733. The van der Waals surface area contributed by atoms with Crippen LogP contribution in [0.25, 0.3) is 0 Å². The van der Waals surface area contributed by atoms with Gasteiger partial charge in [-0.1, -0.05) is 0 Å². The van der Waals surface area contributed by atoms with Crippen LogP contribution in [0.4, 0.5) is 0 Å². The largest absolute Gasteiger partial charge is 0.490 e. The molecular formula is C15H19NO7S. The Kier molecular flexibility index (Phi) is 4.66. The first-order valence-corrected chi connectivity index (χ1v) is 9.14. The highest BCUT2D eigenvalue weighted by molar-refractivity contribution is 7.89. The summed E-state index contributed by atoms with van der Waals surface area (Å²) < 4.78 is 37.7. The van der Waals surface area contributed by atoms with Gasteiger partial charge in [-0.25, -0.2) is 8.42 Å². The van der Waals surface area contributed by atoms with Crippen LogP contribution in [0.5, 0.6) is 11.5 Å². The number of hydrogen-bond donors (Lipinski definition) is 2. The normalized spacial score (nSPS) is 25.0. The van der Waals surface area contributed by atoms with Gasteiger partial charge in [-0.3, -0.25) is 4.79 Å². The van der Waals surface area contributed by atoms with Crippen molar-refractivity contribution in [3.63, 3.8) is 0 Å². The van der Waals surface area contributed by atoms with Gasteiger partial charge in [0, 0.05) is 25.6 Å². The second kappa shape index (κ2) is 6.58. The minimum atomic E-state index is -3.87. The lowest BCUT2D eigenvalue weighted by Gasteiger charge is -2.33. The standard InChI is InChI=1S/C15H19NO7S/c17-12-4-5-16(9-11(12)15(18)19)24(20,21)10-2-3-13-14(8-10)23-7-1-6-22-13/h2-3,8,11-12,17H,1,4-7,9H2,(H,18,19)/t11-,12-/m0/s1. The van der Waals surface area contributed by atoms with Crippen LogP contribution in [-0.4, -0.2) is 61.3 Å². The van der Waals surface area contributed by atoms with Crippen molar-refractivity contribution in [3.8, 4) is 11.5 Å². The van der Waals surface area contributed by atoms with Gasteiger partial charge in [-0.05, 0) is 18.6 Å². The van der Waals surface area contributed by atoms with Gasteiger partial charge in [-0.15, -0.1) is 0 Å². The molecule has 0 aromatic heterocycles. The van der Waals surface area contributed by atoms with Gasteiger partial charge in [-0.2, -0.15) is 4.31 Å². The van der Waals surface area contributed by atoms with Crippen molar-refractivity contribution in [1.29, 1.82) is 0 Å². The summed E-state index contributed by atoms with van der Waals surface area (Å²) in [4.78, 5) is 11.2. The minimum Gasteiger partial charge on any atom is -0.490 e. The lowest BCUT2D eigenvalue weighted by Crippen LogP contribution is -2.48. The van der Waals surface area contributed by atoms with E-state index in [9.17, 15) is 18.3 Å². The van der Waals surface area contributed by atoms with Crippen LogP contribution in [0.15, 0.2) is 23.1 Å². The Labute approximate surface area is 139 Å². The van der Waals surface area contributed by atoms with E-state index in [-0.39, 0.29) is 24.4 Å². The molecule has 0 radical (unpaired) electrons. The van der Waals surface area contributed by atoms with Gasteiger partial charge in [0.2, 0.25) is 10.0 Å². The lowest BCUT2D eigenvalue weighted by atomic mass is 9.96. The molecule has 2 aliphatic heterocycles. The molecule has 2 heterocycles. The summed E-state index contributed by atoms with van der Waals surface area (Å²) in [5, 5.41) is 18.9. The molecule has 8 nitrogen and oxygen atoms in total. The number of piperidine rings is 1. The van der Waals surface area contributed by atoms with Crippen molar-refractivity contribution in [3.05, 3.63) is 18.2 Å². The molecule has 1 fully saturated rings. The molecule has 0 amide bonds. The monoisotopic (exact) mass is 357 g/mol. The Hall–Kier alpha value is -1.84. The second-order valence-electron chi connectivity index (χ2n) is 5.82. The first kappa shape index (κ1) is 17.0. The SMILES string of the molecule is O=C(O)[C@H]1CN(S(=O)(=O)c2ccc3c(c2)OCCCO3)CC[C@@H]1O. The zero-order valence-electron chi connectivity index (χ0n) is 12.9. The van der Waals surface area contributed by atoms with Crippen LogP contribution in [0.3, 0.4) is 0 Å². The van der Waals surface area contributed by atoms with Gasteiger partial charge in [0.25, 0.3) is 0 Å². The van der Waals surface area contributed by atoms with Gasteiger partial charge in [0.1, 0.15) is 0 Å². The van der Waals surface area contributed by atoms with Crippen molar-refractivity contribution in [1.82, 2.24) is 4.31 Å². The maximum atomic E-state index is 12.8. The molecule has 0 unspecified atom stereocenters. The molecule has 2 N–H and O–H groups in total. The first-order chi connectivity index (χ1) is 11.4. The van der Waals surface area contributed by atoms with E-state index in [0.717, 1.165) is 4.31 Å². The number of rotatable bonds is 3. The highest BCUT2D eigenvalue weighted by Crippen LogP contribution is 2.33. The van der Waals surface area contributed by atoms with Crippen molar-refractivity contribution in [2.45, 2.75) is 23.8 Å². The van der Waals surface area contributed by atoms with E-state index in [2.05, 4.69) is 0 Å². The number of hydrogen-bond acceptors (Lipinski definition) is 6. The fourth-order valence-corrected chi connectivity index (χ4v) is 4.32. The second-order valence-corrected chi connectivity index (χ2v) is 7.76. The first-order valence-electron chi connectivity index (χ1n) is 7.70. The number of nitrogens with zero attached hydrogens (tertiary/aromatic N) is 1. The van der Waals surface area contributed by atoms with Gasteiger partial charge in [0.15, 0.2) is 11.5 Å². The molecule has 1 aromatic rings. The molecule has 1 aromatic carbocycles. The van der Waals surface area contributed by atoms with Crippen LogP contribution in [-0.2, 0) is 14.8 Å². The molecule has 0 saturated carbocycles. The zero-order chi connectivity index (χ0) is 17.3. The minimum absolute atomic E-state index is 0.0206. The average molecular weight is 357 g/mol. The summed E-state index contributed by atoms with van der Waals surface area (Å²) in [6.45, 7) is 0.756. The van der Waals surface area contributed by atoms with Gasteiger partial charge >= 0.3 is 5.97 Å². The third-order valence-corrected chi connectivity index (χ3v) is 6.07. The van der Waals surface area contributed by atoms with Crippen molar-refractivity contribution in [2.75, 3.05) is 26.3 Å². The van der Waals surface area contributed by atoms with E-state index >= 15 is 0 Å². The Morgan fingerprint density at radius 1 is 1.21 bits per heavy atom. The summed E-state index contributed by atoms with van der Waals surface area (Å²) in [6, 6.07) is 4.36. The predicted octanol–water partition coefficient (Wildman–Crippen LogP) is 0.304. The average Bonchev–Trinajstić information content (AvgIpc) is 2.79. The number of aliphatic hydroxyl groups is 1. The lowest BCUT2D eigenvalue weighted by molar-refractivity contribution is -0.147. The Morgan fingerprint density at radius 2 is 1.92 bits per heavy atom. The Balaban J connectivity index is 1.88. The summed E-state index contributed by atoms with van der Waals surface area (Å²) in [6.07, 6.45) is -0.250. The van der Waals surface area contributed by atoms with E-state index in [1.807, 2.05) is 0 Å². The molecule has 2 aliphatic rings. The fourth-order valence-electron chi connectivity index (χ4n) is 2.82. The number of carboxylic acid groups (broad SMARTS) is 1. The molecule has 24 heavy (non-hydrogen) atoms. The summed E-state index contributed by atoms with van der Waals surface area (Å²) in [7, 11) is -3.87. The molecule has 1 saturated heterocycles. The highest BCUT2D eigenvalue weighted by atomic mass is 32.2. The van der Waals surface area contributed by atoms with E-state index < -0.39 is 28.0 Å². The van der Waals surface area contributed by atoms with E-state index in [0.29, 0.717) is 31.1 Å². The van der Waals surface area contributed by atoms with Gasteiger partial charge < -0.3 is 19.7 Å². The molecule has 0 bridgehead atoms. The number of benzene rings is 1. The number of aliphatic hydroxyl groups excluding tert-OH is 1. The smallest absolute Gasteiger partial charge is 0.310 e. The molecule has 3 rings (SSSR count). The zero-order valence-corrected chi connectivity index (χ0v) is 13.7.